The van der Waals surface area contributed by atoms with E-state index in [-0.39, 0.29) is 12.3 Å². The van der Waals surface area contributed by atoms with Crippen LogP contribution in [0.5, 0.6) is 0 Å². The molecule has 15 heavy (non-hydrogen) atoms. The summed E-state index contributed by atoms with van der Waals surface area (Å²) in [5.74, 6) is -0.363. The summed E-state index contributed by atoms with van der Waals surface area (Å²) in [6.07, 6.45) is -2.55. The Labute approximate surface area is 84.6 Å². The summed E-state index contributed by atoms with van der Waals surface area (Å²) in [7, 11) is -3.29. The van der Waals surface area contributed by atoms with Gasteiger partial charge >= 0.3 is 6.18 Å². The summed E-state index contributed by atoms with van der Waals surface area (Å²) in [5.41, 5.74) is -0.939. The Kier molecular flexibility index (Phi) is 3.08. The zero-order valence-electron chi connectivity index (χ0n) is 7.82. The van der Waals surface area contributed by atoms with E-state index >= 15 is 0 Å². The second kappa shape index (κ2) is 3.84. The van der Waals surface area contributed by atoms with Gasteiger partial charge in [-0.15, -0.1) is 0 Å². The molecule has 0 radical (unpaired) electrons. The normalized spacial score (nSPS) is 13.1. The molecule has 0 saturated heterocycles. The molecule has 4 nitrogen and oxygen atoms in total. The number of sulfone groups is 1. The Morgan fingerprint density at radius 3 is 2.53 bits per heavy atom. The number of hydrogen-bond donors (Lipinski definition) is 0. The van der Waals surface area contributed by atoms with Gasteiger partial charge in [-0.25, -0.2) is 8.42 Å². The third-order valence-corrected chi connectivity index (χ3v) is 2.61. The molecule has 1 aromatic rings. The molecule has 1 aromatic heterocycles. The Morgan fingerprint density at radius 1 is 1.47 bits per heavy atom. The van der Waals surface area contributed by atoms with Crippen molar-refractivity contribution in [2.75, 3.05) is 12.0 Å². The highest BCUT2D eigenvalue weighted by atomic mass is 32.2. The zero-order valence-corrected chi connectivity index (χ0v) is 8.64. The van der Waals surface area contributed by atoms with Crippen LogP contribution in [0.1, 0.15) is 5.69 Å². The summed E-state index contributed by atoms with van der Waals surface area (Å²) in [6.45, 7) is -0.291. The first-order valence-electron chi connectivity index (χ1n) is 3.97. The molecule has 1 rings (SSSR count). The topological polar surface area (TPSA) is 52.0 Å². The minimum Gasteiger partial charge on any atom is -0.259 e. The summed E-state index contributed by atoms with van der Waals surface area (Å²) in [4.78, 5) is 0. The molecule has 0 spiro atoms. The number of hydrogen-bond acceptors (Lipinski definition) is 3. The summed E-state index contributed by atoms with van der Waals surface area (Å²) in [6, 6.07) is 0.808. The number of aryl methyl sites for hydroxylation is 1. The van der Waals surface area contributed by atoms with E-state index in [1.807, 2.05) is 0 Å². The lowest BCUT2D eigenvalue weighted by atomic mass is 10.4. The first-order valence-corrected chi connectivity index (χ1v) is 6.03. The van der Waals surface area contributed by atoms with Crippen molar-refractivity contribution in [1.29, 1.82) is 0 Å². The van der Waals surface area contributed by atoms with Crippen LogP contribution in [0, 0.1) is 0 Å². The van der Waals surface area contributed by atoms with Gasteiger partial charge in [0.1, 0.15) is 15.5 Å². The van der Waals surface area contributed by atoms with Crippen LogP contribution in [0.4, 0.5) is 13.2 Å². The highest BCUT2D eigenvalue weighted by Gasteiger charge is 2.34. The largest absolute Gasteiger partial charge is 0.433 e. The Balaban J connectivity index is 2.84. The second-order valence-corrected chi connectivity index (χ2v) is 5.33. The van der Waals surface area contributed by atoms with Crippen molar-refractivity contribution >= 4 is 9.84 Å². The van der Waals surface area contributed by atoms with E-state index in [4.69, 9.17) is 0 Å². The van der Waals surface area contributed by atoms with E-state index < -0.39 is 21.7 Å². The van der Waals surface area contributed by atoms with Crippen LogP contribution in [0.2, 0.25) is 0 Å². The van der Waals surface area contributed by atoms with E-state index in [2.05, 4.69) is 5.10 Å². The smallest absolute Gasteiger partial charge is 0.259 e. The maximum Gasteiger partial charge on any atom is 0.433 e. The monoisotopic (exact) mass is 242 g/mol. The summed E-state index contributed by atoms with van der Waals surface area (Å²) < 4.78 is 59.0. The maximum atomic E-state index is 12.3. The van der Waals surface area contributed by atoms with Crippen molar-refractivity contribution in [3.63, 3.8) is 0 Å². The molecular formula is C7H9F3N2O2S. The molecule has 0 bridgehead atoms. The molecule has 86 valence electrons. The minimum absolute atomic E-state index is 0.291. The second-order valence-electron chi connectivity index (χ2n) is 3.07. The third-order valence-electron chi connectivity index (χ3n) is 1.68. The molecule has 0 saturated carbocycles. The zero-order chi connectivity index (χ0) is 11.7. The molecule has 0 aliphatic rings. The SMILES string of the molecule is CS(=O)(=O)CCn1nccc1C(F)(F)F. The van der Waals surface area contributed by atoms with Gasteiger partial charge in [0.05, 0.1) is 12.3 Å². The van der Waals surface area contributed by atoms with Crippen molar-refractivity contribution in [3.05, 3.63) is 18.0 Å². The van der Waals surface area contributed by atoms with Gasteiger partial charge in [0.2, 0.25) is 0 Å². The van der Waals surface area contributed by atoms with Crippen LogP contribution < -0.4 is 0 Å². The highest BCUT2D eigenvalue weighted by molar-refractivity contribution is 7.90. The number of nitrogens with zero attached hydrogens (tertiary/aromatic N) is 2. The quantitative estimate of drug-likeness (QED) is 0.792. The van der Waals surface area contributed by atoms with Crippen LogP contribution in [0.25, 0.3) is 0 Å². The molecule has 0 N–H and O–H groups in total. The lowest BCUT2D eigenvalue weighted by Crippen LogP contribution is -2.19. The Hall–Kier alpha value is -1.05. The van der Waals surface area contributed by atoms with E-state index in [0.29, 0.717) is 4.68 Å². The summed E-state index contributed by atoms with van der Waals surface area (Å²) in [5, 5.41) is 3.42. The van der Waals surface area contributed by atoms with Crippen molar-refractivity contribution in [3.8, 4) is 0 Å². The van der Waals surface area contributed by atoms with Gasteiger partial charge in [-0.1, -0.05) is 0 Å². The predicted molar refractivity (Wildman–Crippen MR) is 46.9 cm³/mol. The average Bonchev–Trinajstić information content (AvgIpc) is 2.45. The number of alkyl halides is 3. The van der Waals surface area contributed by atoms with E-state index in [0.717, 1.165) is 18.5 Å². The molecule has 8 heteroatoms. The predicted octanol–water partition coefficient (Wildman–Crippen LogP) is 0.946. The van der Waals surface area contributed by atoms with Gasteiger partial charge in [0.15, 0.2) is 0 Å². The van der Waals surface area contributed by atoms with E-state index in [1.165, 1.54) is 0 Å². The lowest BCUT2D eigenvalue weighted by Gasteiger charge is -2.09. The van der Waals surface area contributed by atoms with Crippen molar-refractivity contribution < 1.29 is 21.6 Å². The van der Waals surface area contributed by atoms with E-state index in [9.17, 15) is 21.6 Å². The van der Waals surface area contributed by atoms with Crippen molar-refractivity contribution in [2.45, 2.75) is 12.7 Å². The lowest BCUT2D eigenvalue weighted by molar-refractivity contribution is -0.144. The number of aromatic nitrogens is 2. The molecule has 0 aliphatic carbocycles. The van der Waals surface area contributed by atoms with Crippen molar-refractivity contribution in [2.24, 2.45) is 0 Å². The Bertz CT molecular complexity index is 435. The van der Waals surface area contributed by atoms with Gasteiger partial charge < -0.3 is 0 Å². The standard InChI is InChI=1S/C7H9F3N2O2S/c1-15(13,14)5-4-12-6(2-3-11-12)7(8,9)10/h2-3H,4-5H2,1H3. The van der Waals surface area contributed by atoms with Crippen LogP contribution >= 0.6 is 0 Å². The van der Waals surface area contributed by atoms with Gasteiger partial charge in [-0.2, -0.15) is 18.3 Å². The molecule has 0 amide bonds. The van der Waals surface area contributed by atoms with Gasteiger partial charge in [0.25, 0.3) is 0 Å². The number of rotatable bonds is 3. The maximum absolute atomic E-state index is 12.3. The highest BCUT2D eigenvalue weighted by Crippen LogP contribution is 2.28. The first-order chi connectivity index (χ1) is 6.70. The van der Waals surface area contributed by atoms with Gasteiger partial charge in [-0.05, 0) is 6.07 Å². The van der Waals surface area contributed by atoms with E-state index in [1.54, 1.807) is 0 Å². The molecule has 0 aromatic carbocycles. The number of halogens is 3. The van der Waals surface area contributed by atoms with Crippen LogP contribution in [0.15, 0.2) is 12.3 Å². The van der Waals surface area contributed by atoms with Crippen LogP contribution in [-0.2, 0) is 22.6 Å². The minimum atomic E-state index is -4.51. The fourth-order valence-corrected chi connectivity index (χ4v) is 1.51. The van der Waals surface area contributed by atoms with Crippen molar-refractivity contribution in [1.82, 2.24) is 9.78 Å². The van der Waals surface area contributed by atoms with Crippen LogP contribution in [-0.4, -0.2) is 30.2 Å². The third kappa shape index (κ3) is 3.54. The first kappa shape index (κ1) is 12.0. The fourth-order valence-electron chi connectivity index (χ4n) is 1.00. The van der Waals surface area contributed by atoms with Gasteiger partial charge in [-0.3, -0.25) is 4.68 Å². The summed E-state index contributed by atoms with van der Waals surface area (Å²) >= 11 is 0. The van der Waals surface area contributed by atoms with Crippen LogP contribution in [0.3, 0.4) is 0 Å². The molecule has 0 atom stereocenters. The Morgan fingerprint density at radius 2 is 2.07 bits per heavy atom. The average molecular weight is 242 g/mol. The molecule has 0 unspecified atom stereocenters. The molecular weight excluding hydrogens is 233 g/mol. The molecule has 1 heterocycles. The molecule has 0 fully saturated rings. The molecule has 0 aliphatic heterocycles. The fraction of sp³-hybridized carbons (Fsp3) is 0.571. The van der Waals surface area contributed by atoms with Gasteiger partial charge in [0, 0.05) is 12.5 Å².